The average Bonchev–Trinajstić information content (AvgIpc) is 3.84. The van der Waals surface area contributed by atoms with Gasteiger partial charge in [0.1, 0.15) is 0 Å². The van der Waals surface area contributed by atoms with Crippen molar-refractivity contribution >= 4 is 53.9 Å². The summed E-state index contributed by atoms with van der Waals surface area (Å²) in [6.45, 7) is 0. The van der Waals surface area contributed by atoms with Gasteiger partial charge in [0.25, 0.3) is 0 Å². The van der Waals surface area contributed by atoms with E-state index in [1.165, 1.54) is 143 Å². The summed E-state index contributed by atoms with van der Waals surface area (Å²) in [5.41, 5.74) is 20.4. The normalized spacial score (nSPS) is 12.2. The van der Waals surface area contributed by atoms with E-state index in [0.29, 0.717) is 0 Å². The Morgan fingerprint density at radius 2 is 0.548 bits per heavy atom. The molecule has 2 aliphatic carbocycles. The lowest BCUT2D eigenvalue weighted by molar-refractivity contribution is 1.62. The summed E-state index contributed by atoms with van der Waals surface area (Å²) in [5.74, 6) is 0. The lowest BCUT2D eigenvalue weighted by atomic mass is 9.77. The van der Waals surface area contributed by atoms with Crippen LogP contribution in [0.4, 0.5) is 0 Å². The maximum atomic E-state index is 2.54. The van der Waals surface area contributed by atoms with Gasteiger partial charge < -0.3 is 0 Å². The first-order chi connectivity index (χ1) is 30.8. The molecule has 0 spiro atoms. The first kappa shape index (κ1) is 33.7. The number of benzene rings is 12. The minimum Gasteiger partial charge on any atom is -0.0622 e. The second-order valence-electron chi connectivity index (χ2n) is 17.0. The lowest BCUT2D eigenvalue weighted by Crippen LogP contribution is -1.98. The van der Waals surface area contributed by atoms with Crippen LogP contribution in [0.3, 0.4) is 0 Å². The van der Waals surface area contributed by atoms with Gasteiger partial charge >= 0.3 is 0 Å². The third kappa shape index (κ3) is 4.56. The Morgan fingerprint density at radius 3 is 1.06 bits per heavy atom. The number of rotatable bonds is 4. The lowest BCUT2D eigenvalue weighted by Gasteiger charge is -2.25. The van der Waals surface area contributed by atoms with Crippen LogP contribution in [0.1, 0.15) is 0 Å². The monoisotopic (exact) mass is 780 g/mol. The highest BCUT2D eigenvalue weighted by atomic mass is 14.4. The van der Waals surface area contributed by atoms with Crippen LogP contribution in [0.5, 0.6) is 0 Å². The molecule has 284 valence electrons. The van der Waals surface area contributed by atoms with Gasteiger partial charge in [-0.1, -0.05) is 194 Å². The molecule has 0 saturated carbocycles. The fraction of sp³-hybridized carbons (Fsp3) is 0. The van der Waals surface area contributed by atoms with Gasteiger partial charge in [-0.05, 0) is 167 Å². The maximum Gasteiger partial charge on any atom is -0.000718 e. The Labute approximate surface area is 359 Å². The van der Waals surface area contributed by atoms with E-state index >= 15 is 0 Å². The molecule has 0 unspecified atom stereocenters. The standard InChI is InChI=1S/C62H36/c1-5-17-37(18-6-1)47-33-54-53(52-36-50-44-30-14-26-39-25-13-29-43(55(39)44)49(50)35-51(47)52)34-48(38-19-7-2-8-20-38)61-57(41-21-9-3-10-22-41)59-45-31-15-27-40-28-16-32-46(56(40)45)60(59)58(62(54)61)42-23-11-4-12-24-42/h1-36H. The van der Waals surface area contributed by atoms with E-state index in [2.05, 4.69) is 218 Å². The zero-order valence-corrected chi connectivity index (χ0v) is 33.8. The molecule has 12 aromatic carbocycles. The molecule has 0 heteroatoms. The second kappa shape index (κ2) is 12.7. The maximum absolute atomic E-state index is 2.54. The molecular formula is C62H36. The van der Waals surface area contributed by atoms with Crippen molar-refractivity contribution in [2.75, 3.05) is 0 Å². The summed E-state index contributed by atoms with van der Waals surface area (Å²) in [5, 5.41) is 12.9. The molecular weight excluding hydrogens is 745 g/mol. The molecule has 0 radical (unpaired) electrons. The molecule has 0 aromatic heterocycles. The molecule has 0 heterocycles. The third-order valence-corrected chi connectivity index (χ3v) is 13.9. The Kier molecular flexibility index (Phi) is 6.92. The zero-order valence-electron chi connectivity index (χ0n) is 33.8. The van der Waals surface area contributed by atoms with Crippen LogP contribution in [0.25, 0.3) is 143 Å². The van der Waals surface area contributed by atoms with Gasteiger partial charge in [-0.2, -0.15) is 0 Å². The van der Waals surface area contributed by atoms with E-state index in [0.717, 1.165) is 0 Å². The molecule has 0 N–H and O–H groups in total. The smallest absolute Gasteiger partial charge is 0.000718 e. The third-order valence-electron chi connectivity index (χ3n) is 13.9. The Bertz CT molecular complexity index is 3850. The van der Waals surface area contributed by atoms with Gasteiger partial charge in [0.05, 0.1) is 0 Å². The van der Waals surface area contributed by atoms with Crippen molar-refractivity contribution in [3.8, 4) is 89.0 Å². The van der Waals surface area contributed by atoms with Gasteiger partial charge in [0, 0.05) is 0 Å². The first-order valence-electron chi connectivity index (χ1n) is 21.7. The highest BCUT2D eigenvalue weighted by molar-refractivity contribution is 6.36. The summed E-state index contributed by atoms with van der Waals surface area (Å²) in [6, 6.07) is 82.0. The average molecular weight is 781 g/mol. The molecule has 12 aromatic rings. The van der Waals surface area contributed by atoms with E-state index in [-0.39, 0.29) is 0 Å². The number of fused-ring (bicyclic) bond motifs is 11. The predicted octanol–water partition coefficient (Wildman–Crippen LogP) is 17.4. The van der Waals surface area contributed by atoms with Crippen molar-refractivity contribution in [2.45, 2.75) is 0 Å². The van der Waals surface area contributed by atoms with E-state index in [4.69, 9.17) is 0 Å². The van der Waals surface area contributed by atoms with Gasteiger partial charge in [0.2, 0.25) is 0 Å². The van der Waals surface area contributed by atoms with Gasteiger partial charge in [-0.15, -0.1) is 0 Å². The fourth-order valence-electron chi connectivity index (χ4n) is 11.4. The van der Waals surface area contributed by atoms with Crippen molar-refractivity contribution in [1.82, 2.24) is 0 Å². The molecule has 0 atom stereocenters. The summed E-state index contributed by atoms with van der Waals surface area (Å²) >= 11 is 0. The van der Waals surface area contributed by atoms with Crippen molar-refractivity contribution in [3.63, 3.8) is 0 Å². The van der Waals surface area contributed by atoms with Crippen LogP contribution < -0.4 is 0 Å². The minimum absolute atomic E-state index is 1.21. The van der Waals surface area contributed by atoms with Crippen LogP contribution >= 0.6 is 0 Å². The van der Waals surface area contributed by atoms with Crippen LogP contribution in [0, 0.1) is 0 Å². The highest BCUT2D eigenvalue weighted by Crippen LogP contribution is 2.61. The molecule has 0 bridgehead atoms. The zero-order chi connectivity index (χ0) is 40.5. The fourth-order valence-corrected chi connectivity index (χ4v) is 11.4. The SMILES string of the molecule is c1ccc(-c2cc3c(cc(-c4ccccc4)c4c(-c5ccccc5)c5c(c(-c6ccccc6)c43)-c3cccc4cccc-5c34)c3cc4c(cc23)-c2cccc3cccc-4c23)cc1. The van der Waals surface area contributed by atoms with Gasteiger partial charge in [-0.3, -0.25) is 0 Å². The van der Waals surface area contributed by atoms with Crippen LogP contribution in [-0.2, 0) is 0 Å². The molecule has 62 heavy (non-hydrogen) atoms. The molecule has 0 amide bonds. The predicted molar refractivity (Wildman–Crippen MR) is 265 cm³/mol. The summed E-state index contributed by atoms with van der Waals surface area (Å²) < 4.78 is 0. The minimum atomic E-state index is 1.21. The summed E-state index contributed by atoms with van der Waals surface area (Å²) in [6.07, 6.45) is 0. The molecule has 0 aliphatic heterocycles. The first-order valence-corrected chi connectivity index (χ1v) is 21.7. The van der Waals surface area contributed by atoms with E-state index in [1.54, 1.807) is 0 Å². The Morgan fingerprint density at radius 1 is 0.177 bits per heavy atom. The Balaban J connectivity index is 1.28. The van der Waals surface area contributed by atoms with Gasteiger partial charge in [0.15, 0.2) is 0 Å². The van der Waals surface area contributed by atoms with E-state index in [1.807, 2.05) is 0 Å². The van der Waals surface area contributed by atoms with Crippen molar-refractivity contribution in [2.24, 2.45) is 0 Å². The largest absolute Gasteiger partial charge is 0.0622 e. The number of hydrogen-bond acceptors (Lipinski definition) is 0. The highest BCUT2D eigenvalue weighted by Gasteiger charge is 2.33. The van der Waals surface area contributed by atoms with Crippen LogP contribution in [0.2, 0.25) is 0 Å². The summed E-state index contributed by atoms with van der Waals surface area (Å²) in [4.78, 5) is 0. The molecule has 0 fully saturated rings. The topological polar surface area (TPSA) is 0 Å². The van der Waals surface area contributed by atoms with Gasteiger partial charge in [-0.25, -0.2) is 0 Å². The quantitative estimate of drug-likeness (QED) is 0.156. The van der Waals surface area contributed by atoms with Crippen molar-refractivity contribution in [3.05, 3.63) is 218 Å². The van der Waals surface area contributed by atoms with E-state index in [9.17, 15) is 0 Å². The second-order valence-corrected chi connectivity index (χ2v) is 17.0. The number of hydrogen-bond donors (Lipinski definition) is 0. The molecule has 2 aliphatic rings. The van der Waals surface area contributed by atoms with E-state index < -0.39 is 0 Å². The molecule has 0 saturated heterocycles. The van der Waals surface area contributed by atoms with Crippen molar-refractivity contribution in [1.29, 1.82) is 0 Å². The summed E-state index contributed by atoms with van der Waals surface area (Å²) in [7, 11) is 0. The molecule has 14 rings (SSSR count). The Hall–Kier alpha value is -8.06. The van der Waals surface area contributed by atoms with Crippen LogP contribution in [0.15, 0.2) is 218 Å². The van der Waals surface area contributed by atoms with Crippen molar-refractivity contribution < 1.29 is 0 Å². The molecule has 0 nitrogen and oxygen atoms in total. The van der Waals surface area contributed by atoms with Crippen LogP contribution in [-0.4, -0.2) is 0 Å².